The van der Waals surface area contributed by atoms with Gasteiger partial charge in [0.05, 0.1) is 11.9 Å². The lowest BCUT2D eigenvalue weighted by Crippen LogP contribution is -2.10. The van der Waals surface area contributed by atoms with Gasteiger partial charge in [-0.05, 0) is 32.8 Å². The number of hydrogen-bond acceptors (Lipinski definition) is 4. The molecule has 0 atom stereocenters. The lowest BCUT2D eigenvalue weighted by atomic mass is 10.1. The zero-order valence-electron chi connectivity index (χ0n) is 13.6. The van der Waals surface area contributed by atoms with Crippen LogP contribution in [0, 0.1) is 0 Å². The summed E-state index contributed by atoms with van der Waals surface area (Å²) < 4.78 is 0. The van der Waals surface area contributed by atoms with Gasteiger partial charge < -0.3 is 10.6 Å². The molecule has 0 saturated carbocycles. The molecule has 1 aliphatic carbocycles. The fourth-order valence-electron chi connectivity index (χ4n) is 2.23. The third kappa shape index (κ3) is 4.58. The molecule has 0 spiro atoms. The van der Waals surface area contributed by atoms with Crippen LogP contribution in [-0.4, -0.2) is 23.6 Å². The first-order valence-corrected chi connectivity index (χ1v) is 7.67. The third-order valence-electron chi connectivity index (χ3n) is 3.44. The van der Waals surface area contributed by atoms with Gasteiger partial charge in [0.15, 0.2) is 11.6 Å². The summed E-state index contributed by atoms with van der Waals surface area (Å²) in [4.78, 5) is 8.99. The van der Waals surface area contributed by atoms with Gasteiger partial charge in [0.1, 0.15) is 0 Å². The molecule has 0 saturated heterocycles. The molecule has 22 heavy (non-hydrogen) atoms. The Kier molecular flexibility index (Phi) is 5.95. The molecule has 0 bridgehead atoms. The molecule has 0 aliphatic heterocycles. The molecule has 0 radical (unpaired) electrons. The monoisotopic (exact) mass is 296 g/mol. The number of rotatable bonds is 5. The van der Waals surface area contributed by atoms with Crippen LogP contribution in [0.2, 0.25) is 0 Å². The fraction of sp³-hybridized carbons (Fsp3) is 0.333. The molecule has 116 valence electrons. The molecule has 1 heterocycles. The van der Waals surface area contributed by atoms with Crippen LogP contribution in [0.15, 0.2) is 47.7 Å². The second kappa shape index (κ2) is 8.17. The largest absolute Gasteiger partial charge is 0.370 e. The van der Waals surface area contributed by atoms with E-state index in [1.807, 2.05) is 26.1 Å². The minimum atomic E-state index is 0.770. The smallest absolute Gasteiger partial charge is 0.169 e. The standard InChI is InChI=1S/C18H24N4/c1-4-7-16-13-21-17(19-3)18(22-16)20-12-15-9-6-5-8-14(2)10-11-15/h4-5,7-8,10-11,13H,6,9,12H2,1-3H3,(H,19,21)(H,20,22)/b7-4+,8-5-,14-10-,15-11+. The molecule has 4 heteroatoms. The van der Waals surface area contributed by atoms with Crippen molar-refractivity contribution in [3.8, 4) is 0 Å². The van der Waals surface area contributed by atoms with Gasteiger partial charge >= 0.3 is 0 Å². The van der Waals surface area contributed by atoms with Crippen LogP contribution >= 0.6 is 0 Å². The van der Waals surface area contributed by atoms with Gasteiger partial charge in [0, 0.05) is 13.6 Å². The first-order valence-electron chi connectivity index (χ1n) is 7.67. The highest BCUT2D eigenvalue weighted by atomic mass is 15.1. The normalized spacial score (nSPS) is 21.2. The van der Waals surface area contributed by atoms with Crippen molar-refractivity contribution in [2.24, 2.45) is 0 Å². The summed E-state index contributed by atoms with van der Waals surface area (Å²) in [6.07, 6.45) is 16.6. The summed E-state index contributed by atoms with van der Waals surface area (Å²) in [5, 5.41) is 6.48. The highest BCUT2D eigenvalue weighted by Crippen LogP contribution is 2.18. The molecular weight excluding hydrogens is 272 g/mol. The maximum absolute atomic E-state index is 4.60. The summed E-state index contributed by atoms with van der Waals surface area (Å²) in [6, 6.07) is 0. The Bertz CT molecular complexity index is 624. The summed E-state index contributed by atoms with van der Waals surface area (Å²) in [5.41, 5.74) is 3.50. The van der Waals surface area contributed by atoms with Gasteiger partial charge in [-0.15, -0.1) is 0 Å². The second-order valence-corrected chi connectivity index (χ2v) is 5.27. The van der Waals surface area contributed by atoms with E-state index in [0.717, 1.165) is 36.7 Å². The van der Waals surface area contributed by atoms with Crippen LogP contribution in [-0.2, 0) is 0 Å². The van der Waals surface area contributed by atoms with E-state index in [4.69, 9.17) is 0 Å². The highest BCUT2D eigenvalue weighted by molar-refractivity contribution is 5.61. The minimum absolute atomic E-state index is 0.770. The zero-order chi connectivity index (χ0) is 15.8. The molecule has 0 fully saturated rings. The lowest BCUT2D eigenvalue weighted by molar-refractivity contribution is 0.939. The SMILES string of the molecule is C/C=C/c1cnc(NC)c(NC/C2=C/C=C(C)\C=C/CC2)n1. The molecule has 4 nitrogen and oxygen atoms in total. The van der Waals surface area contributed by atoms with Crippen molar-refractivity contribution < 1.29 is 0 Å². The van der Waals surface area contributed by atoms with E-state index >= 15 is 0 Å². The van der Waals surface area contributed by atoms with Gasteiger partial charge in [-0.3, -0.25) is 0 Å². The average Bonchev–Trinajstić information content (AvgIpc) is 2.51. The summed E-state index contributed by atoms with van der Waals surface area (Å²) >= 11 is 0. The molecular formula is C18H24N4. The van der Waals surface area contributed by atoms with Gasteiger partial charge in [0.2, 0.25) is 0 Å². The molecule has 1 aliphatic rings. The first kappa shape index (κ1) is 16.0. The predicted octanol–water partition coefficient (Wildman–Crippen LogP) is 4.19. The Morgan fingerprint density at radius 3 is 2.91 bits per heavy atom. The van der Waals surface area contributed by atoms with Gasteiger partial charge in [-0.25, -0.2) is 9.97 Å². The third-order valence-corrected chi connectivity index (χ3v) is 3.44. The van der Waals surface area contributed by atoms with Crippen LogP contribution in [0.3, 0.4) is 0 Å². The quantitative estimate of drug-likeness (QED) is 0.855. The van der Waals surface area contributed by atoms with E-state index in [0.29, 0.717) is 0 Å². The van der Waals surface area contributed by atoms with Crippen molar-refractivity contribution in [3.63, 3.8) is 0 Å². The van der Waals surface area contributed by atoms with E-state index in [-0.39, 0.29) is 0 Å². The van der Waals surface area contributed by atoms with Gasteiger partial charge in [-0.2, -0.15) is 0 Å². The lowest BCUT2D eigenvalue weighted by Gasteiger charge is -2.13. The Morgan fingerprint density at radius 1 is 1.27 bits per heavy atom. The van der Waals surface area contributed by atoms with Gasteiger partial charge in [0.25, 0.3) is 0 Å². The van der Waals surface area contributed by atoms with Crippen LogP contribution < -0.4 is 10.6 Å². The van der Waals surface area contributed by atoms with E-state index in [2.05, 4.69) is 51.8 Å². The number of nitrogens with one attached hydrogen (secondary N) is 2. The first-order chi connectivity index (χ1) is 10.7. The molecule has 0 amide bonds. The van der Waals surface area contributed by atoms with Crippen molar-refractivity contribution in [2.45, 2.75) is 26.7 Å². The Hall–Kier alpha value is -2.36. The van der Waals surface area contributed by atoms with E-state index in [9.17, 15) is 0 Å². The van der Waals surface area contributed by atoms with Crippen molar-refractivity contribution in [1.82, 2.24) is 9.97 Å². The fourth-order valence-corrected chi connectivity index (χ4v) is 2.23. The number of nitrogens with zero attached hydrogens (tertiary/aromatic N) is 2. The van der Waals surface area contributed by atoms with E-state index in [1.54, 1.807) is 6.20 Å². The molecule has 0 aromatic carbocycles. The topological polar surface area (TPSA) is 49.8 Å². The molecule has 0 unspecified atom stereocenters. The highest BCUT2D eigenvalue weighted by Gasteiger charge is 2.06. The Morgan fingerprint density at radius 2 is 2.14 bits per heavy atom. The summed E-state index contributed by atoms with van der Waals surface area (Å²) in [6.45, 7) is 4.87. The van der Waals surface area contributed by atoms with Crippen LogP contribution in [0.4, 0.5) is 11.6 Å². The maximum Gasteiger partial charge on any atom is 0.169 e. The number of anilines is 2. The van der Waals surface area contributed by atoms with E-state index < -0.39 is 0 Å². The van der Waals surface area contributed by atoms with Crippen LogP contribution in [0.25, 0.3) is 6.08 Å². The van der Waals surface area contributed by atoms with Crippen molar-refractivity contribution in [2.75, 3.05) is 24.2 Å². The Balaban J connectivity index is 2.11. The summed E-state index contributed by atoms with van der Waals surface area (Å²) in [5.74, 6) is 1.56. The Labute approximate surface area is 132 Å². The molecule has 2 N–H and O–H groups in total. The predicted molar refractivity (Wildman–Crippen MR) is 95.0 cm³/mol. The molecule has 1 aromatic heterocycles. The molecule has 1 aromatic rings. The minimum Gasteiger partial charge on any atom is -0.370 e. The number of hydrogen-bond donors (Lipinski definition) is 2. The van der Waals surface area contributed by atoms with Crippen molar-refractivity contribution >= 4 is 17.7 Å². The molecule has 2 rings (SSSR count). The van der Waals surface area contributed by atoms with Crippen LogP contribution in [0.5, 0.6) is 0 Å². The number of allylic oxidation sites excluding steroid dienone is 6. The van der Waals surface area contributed by atoms with Crippen molar-refractivity contribution in [3.05, 3.63) is 53.4 Å². The maximum atomic E-state index is 4.60. The average molecular weight is 296 g/mol. The van der Waals surface area contributed by atoms with Crippen LogP contribution in [0.1, 0.15) is 32.4 Å². The van der Waals surface area contributed by atoms with Crippen molar-refractivity contribution in [1.29, 1.82) is 0 Å². The zero-order valence-corrected chi connectivity index (χ0v) is 13.6. The number of aromatic nitrogens is 2. The van der Waals surface area contributed by atoms with E-state index in [1.165, 1.54) is 11.1 Å². The second-order valence-electron chi connectivity index (χ2n) is 5.27. The summed E-state index contributed by atoms with van der Waals surface area (Å²) in [7, 11) is 1.86. The van der Waals surface area contributed by atoms with Gasteiger partial charge in [-0.1, -0.05) is 41.5 Å².